The first kappa shape index (κ1) is 26.4. The van der Waals surface area contributed by atoms with Crippen LogP contribution in [-0.4, -0.2) is 64.0 Å². The Kier molecular flexibility index (Phi) is 6.85. The van der Waals surface area contributed by atoms with Gasteiger partial charge in [-0.05, 0) is 48.9 Å². The van der Waals surface area contributed by atoms with Gasteiger partial charge in [-0.25, -0.2) is 13.2 Å². The van der Waals surface area contributed by atoms with E-state index in [-0.39, 0.29) is 33.5 Å². The van der Waals surface area contributed by atoms with E-state index in [4.69, 9.17) is 0 Å². The van der Waals surface area contributed by atoms with Crippen LogP contribution in [0.1, 0.15) is 16.6 Å². The molecule has 1 aliphatic heterocycles. The number of amides is 1. The van der Waals surface area contributed by atoms with Gasteiger partial charge in [0, 0.05) is 29.2 Å². The van der Waals surface area contributed by atoms with E-state index >= 15 is 0 Å². The number of phenolic OH excluding ortho intramolecular Hbond substituents is 2. The normalized spacial score (nSPS) is 16.4. The first-order valence-corrected chi connectivity index (χ1v) is 14.0. The fraction of sp³-hybridized carbons (Fsp3) is 0.148. The Morgan fingerprint density at radius 1 is 1.00 bits per heavy atom. The highest BCUT2D eigenvalue weighted by atomic mass is 32.2. The Hall–Kier alpha value is -4.26. The second-order valence-electron chi connectivity index (χ2n) is 8.99. The number of nitrogens with zero attached hydrogens (tertiary/aromatic N) is 3. The molecule has 200 valence electrons. The second-order valence-corrected chi connectivity index (χ2v) is 12.0. The fourth-order valence-electron chi connectivity index (χ4n) is 4.46. The van der Waals surface area contributed by atoms with Gasteiger partial charge >= 0.3 is 5.97 Å². The van der Waals surface area contributed by atoms with Crippen LogP contribution in [0, 0.1) is 0 Å². The minimum absolute atomic E-state index is 0.00502. The molecule has 1 fully saturated rings. The van der Waals surface area contributed by atoms with E-state index in [1.54, 1.807) is 13.0 Å². The summed E-state index contributed by atoms with van der Waals surface area (Å²) in [6, 6.07) is 17.2. The Labute approximate surface area is 228 Å². The molecule has 0 radical (unpaired) electrons. The van der Waals surface area contributed by atoms with Crippen LogP contribution in [0.3, 0.4) is 0 Å². The number of rotatable bonds is 6. The summed E-state index contributed by atoms with van der Waals surface area (Å²) in [6.45, 7) is 1.16. The Morgan fingerprint density at radius 2 is 1.74 bits per heavy atom. The summed E-state index contributed by atoms with van der Waals surface area (Å²) >= 11 is 1.06. The third-order valence-corrected chi connectivity index (χ3v) is 9.32. The molecule has 1 aliphatic rings. The number of aromatic nitrogens is 1. The van der Waals surface area contributed by atoms with Gasteiger partial charge in [0.2, 0.25) is 15.9 Å². The zero-order valence-electron chi connectivity index (χ0n) is 20.6. The number of carbonyl (C=O) groups excluding carboxylic acids is 1. The van der Waals surface area contributed by atoms with Crippen LogP contribution < -0.4 is 4.90 Å². The summed E-state index contributed by atoms with van der Waals surface area (Å²) in [5, 5.41) is 29.1. The third-order valence-electron chi connectivity index (χ3n) is 6.36. The summed E-state index contributed by atoms with van der Waals surface area (Å²) in [4.78, 5) is 31.4. The van der Waals surface area contributed by atoms with Crippen LogP contribution in [0.15, 0.2) is 77.8 Å². The van der Waals surface area contributed by atoms with Gasteiger partial charge in [-0.15, -0.1) is 11.3 Å². The van der Waals surface area contributed by atoms with Crippen molar-refractivity contribution in [2.24, 2.45) is 0 Å². The lowest BCUT2D eigenvalue weighted by Gasteiger charge is -2.38. The highest BCUT2D eigenvalue weighted by Gasteiger charge is 2.39. The number of hydrogen-bond acceptors (Lipinski definition) is 8. The molecule has 12 heteroatoms. The maximum absolute atomic E-state index is 13.4. The lowest BCUT2D eigenvalue weighted by Crippen LogP contribution is -2.57. The number of aromatic hydroxyl groups is 2. The van der Waals surface area contributed by atoms with E-state index in [1.165, 1.54) is 41.4 Å². The van der Waals surface area contributed by atoms with Crippen LogP contribution >= 0.6 is 11.3 Å². The summed E-state index contributed by atoms with van der Waals surface area (Å²) in [5.41, 5.74) is 1.91. The number of carbonyl (C=O) groups is 2. The minimum Gasteiger partial charge on any atom is -0.504 e. The Bertz CT molecular complexity index is 1670. The van der Waals surface area contributed by atoms with Crippen molar-refractivity contribution in [2.45, 2.75) is 17.9 Å². The van der Waals surface area contributed by atoms with Crippen molar-refractivity contribution in [3.05, 3.63) is 77.8 Å². The van der Waals surface area contributed by atoms with Crippen molar-refractivity contribution < 1.29 is 33.3 Å². The number of piperazine rings is 1. The van der Waals surface area contributed by atoms with E-state index in [0.717, 1.165) is 21.2 Å². The molecular formula is C27H23N3O7S2. The third kappa shape index (κ3) is 4.97. The van der Waals surface area contributed by atoms with Gasteiger partial charge in [-0.1, -0.05) is 30.3 Å². The molecule has 0 aliphatic carbocycles. The van der Waals surface area contributed by atoms with Crippen LogP contribution in [-0.2, 0) is 14.8 Å². The molecule has 1 unspecified atom stereocenters. The lowest BCUT2D eigenvalue weighted by atomic mass is 10.1. The summed E-state index contributed by atoms with van der Waals surface area (Å²) in [6.07, 6.45) is 1.17. The molecule has 4 aromatic rings. The number of aromatic carboxylic acids is 1. The van der Waals surface area contributed by atoms with E-state index in [2.05, 4.69) is 4.98 Å². The van der Waals surface area contributed by atoms with Gasteiger partial charge in [0.25, 0.3) is 0 Å². The van der Waals surface area contributed by atoms with Crippen LogP contribution in [0.5, 0.6) is 11.5 Å². The fourth-order valence-corrected chi connectivity index (χ4v) is 6.87. The van der Waals surface area contributed by atoms with Crippen molar-refractivity contribution in [3.8, 4) is 33.2 Å². The number of carboxylic acids is 1. The minimum atomic E-state index is -4.09. The standard InChI is InChI=1S/C27H23N3O7S2/c1-16-14-29(39(36,37)19-8-9-20(28-13-19)18-7-10-22(31)23(32)11-18)15-25(33)30(16)21-12-24(38-26(21)27(34)35)17-5-3-2-4-6-17/h2-13,16,31-32H,14-15H2,1H3,(H,34,35). The maximum atomic E-state index is 13.4. The molecule has 2 aromatic carbocycles. The molecule has 5 rings (SSSR count). The first-order valence-electron chi connectivity index (χ1n) is 11.8. The SMILES string of the molecule is CC1CN(S(=O)(=O)c2ccc(-c3ccc(O)c(O)c3)nc2)CC(=O)N1c1cc(-c2ccccc2)sc1C(=O)O. The zero-order chi connectivity index (χ0) is 27.9. The summed E-state index contributed by atoms with van der Waals surface area (Å²) in [7, 11) is -4.09. The van der Waals surface area contributed by atoms with Crippen molar-refractivity contribution in [2.75, 3.05) is 18.0 Å². The largest absolute Gasteiger partial charge is 0.504 e. The highest BCUT2D eigenvalue weighted by Crippen LogP contribution is 2.39. The molecule has 0 saturated carbocycles. The molecular weight excluding hydrogens is 542 g/mol. The Balaban J connectivity index is 1.40. The zero-order valence-corrected chi connectivity index (χ0v) is 22.2. The molecule has 0 bridgehead atoms. The number of carboxylic acid groups (broad SMARTS) is 1. The summed E-state index contributed by atoms with van der Waals surface area (Å²) in [5.74, 6) is -2.32. The second kappa shape index (κ2) is 10.1. The number of hydrogen-bond donors (Lipinski definition) is 3. The predicted octanol–water partition coefficient (Wildman–Crippen LogP) is 4.01. The molecule has 2 aromatic heterocycles. The maximum Gasteiger partial charge on any atom is 0.348 e. The van der Waals surface area contributed by atoms with Gasteiger partial charge in [0.05, 0.1) is 17.9 Å². The average molecular weight is 566 g/mol. The molecule has 1 atom stereocenters. The van der Waals surface area contributed by atoms with Gasteiger partial charge < -0.3 is 20.2 Å². The van der Waals surface area contributed by atoms with Gasteiger partial charge in [-0.3, -0.25) is 9.78 Å². The number of sulfonamides is 1. The highest BCUT2D eigenvalue weighted by molar-refractivity contribution is 7.89. The van der Waals surface area contributed by atoms with Crippen molar-refractivity contribution in [3.63, 3.8) is 0 Å². The van der Waals surface area contributed by atoms with Crippen LogP contribution in [0.2, 0.25) is 0 Å². The number of pyridine rings is 1. The van der Waals surface area contributed by atoms with Gasteiger partial charge in [0.1, 0.15) is 9.77 Å². The topological polar surface area (TPSA) is 148 Å². The number of anilines is 1. The molecule has 1 amide bonds. The van der Waals surface area contributed by atoms with Crippen molar-refractivity contribution >= 4 is 38.9 Å². The van der Waals surface area contributed by atoms with Crippen molar-refractivity contribution in [1.29, 1.82) is 0 Å². The molecule has 3 N–H and O–H groups in total. The van der Waals surface area contributed by atoms with Gasteiger partial charge in [0.15, 0.2) is 11.5 Å². The molecule has 0 spiro atoms. The van der Waals surface area contributed by atoms with Crippen molar-refractivity contribution in [1.82, 2.24) is 9.29 Å². The average Bonchev–Trinajstić information content (AvgIpc) is 3.36. The van der Waals surface area contributed by atoms with Crippen LogP contribution in [0.25, 0.3) is 21.7 Å². The monoisotopic (exact) mass is 565 g/mol. The number of thiophene rings is 1. The van der Waals surface area contributed by atoms with E-state index < -0.39 is 34.5 Å². The Morgan fingerprint density at radius 3 is 2.36 bits per heavy atom. The molecule has 39 heavy (non-hydrogen) atoms. The molecule has 10 nitrogen and oxygen atoms in total. The predicted molar refractivity (Wildman–Crippen MR) is 145 cm³/mol. The smallest absolute Gasteiger partial charge is 0.348 e. The van der Waals surface area contributed by atoms with E-state index in [0.29, 0.717) is 16.1 Å². The first-order chi connectivity index (χ1) is 18.6. The summed E-state index contributed by atoms with van der Waals surface area (Å²) < 4.78 is 27.8. The van der Waals surface area contributed by atoms with Gasteiger partial charge in [-0.2, -0.15) is 4.31 Å². The molecule has 3 heterocycles. The van der Waals surface area contributed by atoms with E-state index in [1.807, 2.05) is 30.3 Å². The lowest BCUT2D eigenvalue weighted by molar-refractivity contribution is -0.120. The quantitative estimate of drug-likeness (QED) is 0.297. The number of benzene rings is 2. The number of phenols is 2. The molecule has 1 saturated heterocycles. The van der Waals surface area contributed by atoms with E-state index in [9.17, 15) is 33.3 Å². The van der Waals surface area contributed by atoms with Crippen LogP contribution in [0.4, 0.5) is 5.69 Å².